The number of carboxylic acids is 1. The van der Waals surface area contributed by atoms with E-state index in [1.807, 2.05) is 0 Å². The summed E-state index contributed by atoms with van der Waals surface area (Å²) in [4.78, 5) is 22.6. The number of methoxy groups -OCH3 is 3. The van der Waals surface area contributed by atoms with E-state index in [1.54, 1.807) is 12.1 Å². The Labute approximate surface area is 129 Å². The molecule has 0 heterocycles. The SMILES string of the molecule is COc1ccc(C(=O)NCCCCC(=O)O)c(OC)c1OC. The van der Waals surface area contributed by atoms with Crippen molar-refractivity contribution in [2.24, 2.45) is 0 Å². The Morgan fingerprint density at radius 2 is 1.73 bits per heavy atom. The molecule has 0 bridgehead atoms. The minimum atomic E-state index is -0.840. The van der Waals surface area contributed by atoms with E-state index in [2.05, 4.69) is 5.32 Å². The van der Waals surface area contributed by atoms with Crippen molar-refractivity contribution in [1.82, 2.24) is 5.32 Å². The van der Waals surface area contributed by atoms with E-state index in [0.29, 0.717) is 42.2 Å². The number of nitrogens with one attached hydrogen (secondary N) is 1. The highest BCUT2D eigenvalue weighted by atomic mass is 16.5. The van der Waals surface area contributed by atoms with Crippen LogP contribution < -0.4 is 19.5 Å². The second kappa shape index (κ2) is 8.76. The number of rotatable bonds is 9. The quantitative estimate of drug-likeness (QED) is 0.674. The number of carbonyl (C=O) groups excluding carboxylic acids is 1. The first kappa shape index (κ1) is 17.6. The molecule has 0 aliphatic carbocycles. The van der Waals surface area contributed by atoms with Gasteiger partial charge in [0.05, 0.1) is 26.9 Å². The standard InChI is InChI=1S/C15H21NO6/c1-20-11-8-7-10(13(21-2)14(11)22-3)15(19)16-9-5-4-6-12(17)18/h7-8H,4-6,9H2,1-3H3,(H,16,19)(H,17,18). The van der Waals surface area contributed by atoms with Crippen molar-refractivity contribution < 1.29 is 28.9 Å². The van der Waals surface area contributed by atoms with Crippen LogP contribution in [-0.2, 0) is 4.79 Å². The molecule has 0 saturated carbocycles. The molecule has 1 aromatic rings. The van der Waals surface area contributed by atoms with Crippen molar-refractivity contribution in [3.05, 3.63) is 17.7 Å². The lowest BCUT2D eigenvalue weighted by atomic mass is 10.1. The van der Waals surface area contributed by atoms with Crippen LogP contribution in [0.4, 0.5) is 0 Å². The van der Waals surface area contributed by atoms with Crippen LogP contribution in [0.1, 0.15) is 29.6 Å². The number of carbonyl (C=O) groups is 2. The molecule has 1 amide bonds. The molecule has 0 aliphatic rings. The Morgan fingerprint density at radius 1 is 1.05 bits per heavy atom. The zero-order valence-electron chi connectivity index (χ0n) is 13.0. The fourth-order valence-electron chi connectivity index (χ4n) is 1.98. The maximum atomic E-state index is 12.2. The number of benzene rings is 1. The highest BCUT2D eigenvalue weighted by molar-refractivity contribution is 5.98. The Morgan fingerprint density at radius 3 is 2.27 bits per heavy atom. The van der Waals surface area contributed by atoms with Crippen LogP contribution in [0, 0.1) is 0 Å². The first-order valence-corrected chi connectivity index (χ1v) is 6.84. The Kier molecular flexibility index (Phi) is 7.01. The van der Waals surface area contributed by atoms with E-state index in [-0.39, 0.29) is 12.3 Å². The third kappa shape index (κ3) is 4.54. The van der Waals surface area contributed by atoms with Crippen LogP contribution >= 0.6 is 0 Å². The highest BCUT2D eigenvalue weighted by Gasteiger charge is 2.20. The number of unbranched alkanes of at least 4 members (excludes halogenated alkanes) is 1. The van der Waals surface area contributed by atoms with E-state index in [1.165, 1.54) is 21.3 Å². The van der Waals surface area contributed by atoms with Gasteiger partial charge in [-0.05, 0) is 25.0 Å². The Hall–Kier alpha value is -2.44. The number of hydrogen-bond donors (Lipinski definition) is 2. The van der Waals surface area contributed by atoms with E-state index in [9.17, 15) is 9.59 Å². The molecule has 7 heteroatoms. The lowest BCUT2D eigenvalue weighted by Crippen LogP contribution is -2.25. The maximum absolute atomic E-state index is 12.2. The van der Waals surface area contributed by atoms with Gasteiger partial charge < -0.3 is 24.6 Å². The van der Waals surface area contributed by atoms with E-state index in [0.717, 1.165) is 0 Å². The molecule has 0 aliphatic heterocycles. The van der Waals surface area contributed by atoms with Crippen LogP contribution in [0.2, 0.25) is 0 Å². The predicted octanol–water partition coefficient (Wildman–Crippen LogP) is 1.70. The van der Waals surface area contributed by atoms with Gasteiger partial charge in [0.25, 0.3) is 5.91 Å². The molecule has 0 saturated heterocycles. The van der Waals surface area contributed by atoms with Gasteiger partial charge in [0.1, 0.15) is 0 Å². The summed E-state index contributed by atoms with van der Waals surface area (Å²) in [5.74, 6) is -0.0354. The number of carboxylic acid groups (broad SMARTS) is 1. The van der Waals surface area contributed by atoms with E-state index in [4.69, 9.17) is 19.3 Å². The fraction of sp³-hybridized carbons (Fsp3) is 0.467. The molecule has 0 spiro atoms. The van der Waals surface area contributed by atoms with Crippen LogP contribution in [0.15, 0.2) is 12.1 Å². The summed E-state index contributed by atoms with van der Waals surface area (Å²) >= 11 is 0. The van der Waals surface area contributed by atoms with Gasteiger partial charge in [0, 0.05) is 13.0 Å². The van der Waals surface area contributed by atoms with Gasteiger partial charge in [-0.25, -0.2) is 0 Å². The first-order chi connectivity index (χ1) is 10.5. The molecule has 0 unspecified atom stereocenters. The summed E-state index contributed by atoms with van der Waals surface area (Å²) in [6, 6.07) is 3.22. The molecular formula is C15H21NO6. The molecule has 1 aromatic carbocycles. The molecule has 0 radical (unpaired) electrons. The van der Waals surface area contributed by atoms with Gasteiger partial charge in [-0.15, -0.1) is 0 Å². The molecular weight excluding hydrogens is 290 g/mol. The smallest absolute Gasteiger partial charge is 0.303 e. The summed E-state index contributed by atoms with van der Waals surface area (Å²) in [7, 11) is 4.41. The molecule has 22 heavy (non-hydrogen) atoms. The number of ether oxygens (including phenoxy) is 3. The van der Waals surface area contributed by atoms with Gasteiger partial charge in [0.15, 0.2) is 11.5 Å². The molecule has 122 valence electrons. The second-order valence-electron chi connectivity index (χ2n) is 4.49. The molecule has 1 rings (SSSR count). The average molecular weight is 311 g/mol. The number of amides is 1. The van der Waals surface area contributed by atoms with Crippen molar-refractivity contribution in [1.29, 1.82) is 0 Å². The fourth-order valence-corrected chi connectivity index (χ4v) is 1.98. The number of aliphatic carboxylic acids is 1. The lowest BCUT2D eigenvalue weighted by Gasteiger charge is -2.15. The lowest BCUT2D eigenvalue weighted by molar-refractivity contribution is -0.137. The zero-order chi connectivity index (χ0) is 16.5. The van der Waals surface area contributed by atoms with E-state index >= 15 is 0 Å². The van der Waals surface area contributed by atoms with Crippen molar-refractivity contribution in [3.8, 4) is 17.2 Å². The monoisotopic (exact) mass is 311 g/mol. The normalized spacial score (nSPS) is 9.95. The molecule has 7 nitrogen and oxygen atoms in total. The minimum absolute atomic E-state index is 0.0928. The summed E-state index contributed by atoms with van der Waals surface area (Å²) in [5, 5.41) is 11.3. The maximum Gasteiger partial charge on any atom is 0.303 e. The predicted molar refractivity (Wildman–Crippen MR) is 79.9 cm³/mol. The Balaban J connectivity index is 2.74. The highest BCUT2D eigenvalue weighted by Crippen LogP contribution is 2.39. The van der Waals surface area contributed by atoms with Gasteiger partial charge >= 0.3 is 5.97 Å². The molecule has 2 N–H and O–H groups in total. The van der Waals surface area contributed by atoms with Crippen molar-refractivity contribution in [3.63, 3.8) is 0 Å². The summed E-state index contributed by atoms with van der Waals surface area (Å²) < 4.78 is 15.6. The summed E-state index contributed by atoms with van der Waals surface area (Å²) in [5.41, 5.74) is 0.332. The number of hydrogen-bond acceptors (Lipinski definition) is 5. The van der Waals surface area contributed by atoms with Crippen molar-refractivity contribution in [2.75, 3.05) is 27.9 Å². The van der Waals surface area contributed by atoms with Crippen LogP contribution in [0.5, 0.6) is 17.2 Å². The van der Waals surface area contributed by atoms with Crippen molar-refractivity contribution in [2.45, 2.75) is 19.3 Å². The molecule has 0 fully saturated rings. The topological polar surface area (TPSA) is 94.1 Å². The molecule has 0 atom stereocenters. The second-order valence-corrected chi connectivity index (χ2v) is 4.49. The van der Waals surface area contributed by atoms with Gasteiger partial charge in [-0.3, -0.25) is 9.59 Å². The van der Waals surface area contributed by atoms with Crippen molar-refractivity contribution >= 4 is 11.9 Å². The van der Waals surface area contributed by atoms with Crippen LogP contribution in [0.25, 0.3) is 0 Å². The van der Waals surface area contributed by atoms with Gasteiger partial charge in [0.2, 0.25) is 5.75 Å². The minimum Gasteiger partial charge on any atom is -0.493 e. The third-order valence-corrected chi connectivity index (χ3v) is 3.05. The van der Waals surface area contributed by atoms with Crippen LogP contribution in [0.3, 0.4) is 0 Å². The van der Waals surface area contributed by atoms with Gasteiger partial charge in [-0.1, -0.05) is 0 Å². The Bertz CT molecular complexity index is 529. The zero-order valence-corrected chi connectivity index (χ0v) is 13.0. The summed E-state index contributed by atoms with van der Waals surface area (Å²) in [6.07, 6.45) is 1.20. The largest absolute Gasteiger partial charge is 0.493 e. The van der Waals surface area contributed by atoms with E-state index < -0.39 is 5.97 Å². The van der Waals surface area contributed by atoms with Gasteiger partial charge in [-0.2, -0.15) is 0 Å². The third-order valence-electron chi connectivity index (χ3n) is 3.05. The average Bonchev–Trinajstić information content (AvgIpc) is 2.52. The summed E-state index contributed by atoms with van der Waals surface area (Å²) in [6.45, 7) is 0.392. The molecule has 0 aromatic heterocycles. The van der Waals surface area contributed by atoms with Crippen LogP contribution in [-0.4, -0.2) is 44.9 Å². The first-order valence-electron chi connectivity index (χ1n) is 6.84.